The molecular formula is C18H19N3O3S3. The lowest BCUT2D eigenvalue weighted by Crippen LogP contribution is -2.28. The van der Waals surface area contributed by atoms with Crippen molar-refractivity contribution in [1.82, 2.24) is 9.29 Å². The van der Waals surface area contributed by atoms with E-state index in [1.807, 2.05) is 35.7 Å². The number of nitrogens with one attached hydrogen (secondary N) is 1. The number of carbonyl (C=O) groups is 1. The Hall–Kier alpha value is -2.07. The van der Waals surface area contributed by atoms with E-state index in [4.69, 9.17) is 0 Å². The molecular weight excluding hydrogens is 402 g/mol. The molecule has 0 bridgehead atoms. The summed E-state index contributed by atoms with van der Waals surface area (Å²) in [6.45, 7) is 0.279. The molecule has 1 aromatic carbocycles. The van der Waals surface area contributed by atoms with Gasteiger partial charge in [0, 0.05) is 31.0 Å². The maximum absolute atomic E-state index is 12.3. The third kappa shape index (κ3) is 5.01. The van der Waals surface area contributed by atoms with E-state index < -0.39 is 10.0 Å². The first-order valence-corrected chi connectivity index (χ1v) is 11.5. The van der Waals surface area contributed by atoms with E-state index in [2.05, 4.69) is 10.3 Å². The fourth-order valence-corrected chi connectivity index (χ4v) is 5.55. The molecule has 142 valence electrons. The Labute approximate surface area is 166 Å². The van der Waals surface area contributed by atoms with Crippen LogP contribution in [0.3, 0.4) is 0 Å². The third-order valence-electron chi connectivity index (χ3n) is 3.86. The maximum Gasteiger partial charge on any atom is 0.252 e. The molecule has 0 aliphatic rings. The lowest BCUT2D eigenvalue weighted by molar-refractivity contribution is -0.116. The van der Waals surface area contributed by atoms with Crippen molar-refractivity contribution in [2.45, 2.75) is 17.1 Å². The zero-order chi connectivity index (χ0) is 19.3. The highest BCUT2D eigenvalue weighted by molar-refractivity contribution is 7.91. The minimum absolute atomic E-state index is 0.175. The van der Waals surface area contributed by atoms with Crippen molar-refractivity contribution in [3.63, 3.8) is 0 Å². The zero-order valence-corrected chi connectivity index (χ0v) is 17.1. The summed E-state index contributed by atoms with van der Waals surface area (Å²) in [5.41, 5.74) is 1.81. The van der Waals surface area contributed by atoms with Crippen LogP contribution in [0.15, 0.2) is 57.4 Å². The van der Waals surface area contributed by atoms with Crippen molar-refractivity contribution in [2.24, 2.45) is 0 Å². The maximum atomic E-state index is 12.3. The number of benzene rings is 1. The lowest BCUT2D eigenvalue weighted by atomic mass is 10.2. The number of amides is 1. The summed E-state index contributed by atoms with van der Waals surface area (Å²) in [4.78, 5) is 16.5. The number of hydrogen-bond donors (Lipinski definition) is 1. The highest BCUT2D eigenvalue weighted by atomic mass is 32.2. The van der Waals surface area contributed by atoms with Crippen molar-refractivity contribution in [1.29, 1.82) is 0 Å². The van der Waals surface area contributed by atoms with Gasteiger partial charge in [-0.1, -0.05) is 36.4 Å². The second-order valence-electron chi connectivity index (χ2n) is 5.81. The Morgan fingerprint density at radius 2 is 1.93 bits per heavy atom. The Balaban J connectivity index is 1.48. The largest absolute Gasteiger partial charge is 0.302 e. The highest BCUT2D eigenvalue weighted by Gasteiger charge is 2.21. The van der Waals surface area contributed by atoms with Crippen molar-refractivity contribution in [2.75, 3.05) is 18.9 Å². The fourth-order valence-electron chi connectivity index (χ4n) is 2.40. The van der Waals surface area contributed by atoms with Crippen LogP contribution in [0.5, 0.6) is 0 Å². The molecule has 1 amide bonds. The first-order chi connectivity index (χ1) is 13.0. The van der Waals surface area contributed by atoms with E-state index in [0.717, 1.165) is 11.3 Å². The van der Waals surface area contributed by atoms with Crippen LogP contribution in [0.4, 0.5) is 5.13 Å². The average Bonchev–Trinajstić information content (AvgIpc) is 3.34. The molecule has 1 N–H and O–H groups in total. The van der Waals surface area contributed by atoms with Gasteiger partial charge in [-0.25, -0.2) is 17.7 Å². The normalized spacial score (nSPS) is 11.6. The lowest BCUT2D eigenvalue weighted by Gasteiger charge is -2.15. The molecule has 0 aliphatic carbocycles. The molecule has 9 heteroatoms. The van der Waals surface area contributed by atoms with Crippen molar-refractivity contribution < 1.29 is 13.2 Å². The molecule has 3 rings (SSSR count). The van der Waals surface area contributed by atoms with E-state index in [-0.39, 0.29) is 18.9 Å². The monoisotopic (exact) mass is 421 g/mol. The summed E-state index contributed by atoms with van der Waals surface area (Å²) < 4.78 is 26.2. The van der Waals surface area contributed by atoms with E-state index >= 15 is 0 Å². The Bertz CT molecular complexity index is 983. The van der Waals surface area contributed by atoms with Crippen LogP contribution in [0.2, 0.25) is 0 Å². The van der Waals surface area contributed by atoms with Gasteiger partial charge in [-0.2, -0.15) is 0 Å². The van der Waals surface area contributed by atoms with Crippen molar-refractivity contribution in [3.8, 4) is 11.3 Å². The number of aromatic nitrogens is 1. The SMILES string of the molecule is CN(CCCC(=O)Nc1nc(-c2ccccc2)cs1)S(=O)(=O)c1cccs1. The number of rotatable bonds is 8. The summed E-state index contributed by atoms with van der Waals surface area (Å²) in [5, 5.41) is 6.94. The Kier molecular flexibility index (Phi) is 6.38. The molecule has 27 heavy (non-hydrogen) atoms. The second kappa shape index (κ2) is 8.75. The van der Waals surface area contributed by atoms with Crippen LogP contribution in [-0.2, 0) is 14.8 Å². The number of nitrogens with zero attached hydrogens (tertiary/aromatic N) is 2. The van der Waals surface area contributed by atoms with E-state index in [0.29, 0.717) is 15.8 Å². The van der Waals surface area contributed by atoms with Crippen LogP contribution < -0.4 is 5.32 Å². The summed E-state index contributed by atoms with van der Waals surface area (Å²) in [6.07, 6.45) is 0.661. The van der Waals surface area contributed by atoms with Gasteiger partial charge in [-0.3, -0.25) is 4.79 Å². The van der Waals surface area contributed by atoms with E-state index in [1.54, 1.807) is 17.5 Å². The number of thiophene rings is 1. The number of hydrogen-bond acceptors (Lipinski definition) is 6. The Morgan fingerprint density at radius 3 is 2.63 bits per heavy atom. The molecule has 0 aliphatic heterocycles. The summed E-state index contributed by atoms with van der Waals surface area (Å²) in [7, 11) is -1.94. The molecule has 3 aromatic rings. The number of anilines is 1. The van der Waals surface area contributed by atoms with Crippen LogP contribution in [0, 0.1) is 0 Å². The minimum Gasteiger partial charge on any atom is -0.302 e. The summed E-state index contributed by atoms with van der Waals surface area (Å²) >= 11 is 2.55. The van der Waals surface area contributed by atoms with Crippen molar-refractivity contribution in [3.05, 3.63) is 53.2 Å². The van der Waals surface area contributed by atoms with E-state index in [9.17, 15) is 13.2 Å². The van der Waals surface area contributed by atoms with Crippen LogP contribution in [0.1, 0.15) is 12.8 Å². The van der Waals surface area contributed by atoms with Gasteiger partial charge in [0.05, 0.1) is 5.69 Å². The van der Waals surface area contributed by atoms with Crippen LogP contribution in [-0.4, -0.2) is 37.2 Å². The molecule has 0 saturated carbocycles. The standard InChI is InChI=1S/C18H19N3O3S3/c1-21(27(23,24)17-10-6-12-25-17)11-5-9-16(22)20-18-19-15(13-26-18)14-7-3-2-4-8-14/h2-4,6-8,10,12-13H,5,9,11H2,1H3,(H,19,20,22). The molecule has 2 heterocycles. The quantitative estimate of drug-likeness (QED) is 0.598. The molecule has 0 unspecified atom stereocenters. The number of thiazole rings is 1. The average molecular weight is 422 g/mol. The molecule has 2 aromatic heterocycles. The van der Waals surface area contributed by atoms with Gasteiger partial charge in [0.1, 0.15) is 4.21 Å². The van der Waals surface area contributed by atoms with Crippen LogP contribution in [0.25, 0.3) is 11.3 Å². The van der Waals surface area contributed by atoms with Gasteiger partial charge in [0.2, 0.25) is 5.91 Å². The second-order valence-corrected chi connectivity index (χ2v) is 9.89. The van der Waals surface area contributed by atoms with Gasteiger partial charge in [0.25, 0.3) is 10.0 Å². The van der Waals surface area contributed by atoms with Gasteiger partial charge in [0.15, 0.2) is 5.13 Å². The molecule has 6 nitrogen and oxygen atoms in total. The van der Waals surface area contributed by atoms with Crippen LogP contribution >= 0.6 is 22.7 Å². The molecule has 0 fully saturated rings. The van der Waals surface area contributed by atoms with Gasteiger partial charge in [-0.05, 0) is 17.9 Å². The topological polar surface area (TPSA) is 79.4 Å². The smallest absolute Gasteiger partial charge is 0.252 e. The first-order valence-electron chi connectivity index (χ1n) is 8.27. The van der Waals surface area contributed by atoms with Gasteiger partial charge >= 0.3 is 0 Å². The van der Waals surface area contributed by atoms with Gasteiger partial charge in [-0.15, -0.1) is 22.7 Å². The molecule has 0 atom stereocenters. The zero-order valence-electron chi connectivity index (χ0n) is 14.7. The third-order valence-corrected chi connectivity index (χ3v) is 7.84. The highest BCUT2D eigenvalue weighted by Crippen LogP contribution is 2.25. The molecule has 0 radical (unpaired) electrons. The van der Waals surface area contributed by atoms with Gasteiger partial charge < -0.3 is 5.32 Å². The first kappa shape index (κ1) is 19.7. The fraction of sp³-hybridized carbons (Fsp3) is 0.222. The predicted molar refractivity (Wildman–Crippen MR) is 110 cm³/mol. The number of sulfonamides is 1. The Morgan fingerprint density at radius 1 is 1.15 bits per heavy atom. The minimum atomic E-state index is -3.47. The molecule has 0 saturated heterocycles. The van der Waals surface area contributed by atoms with Crippen molar-refractivity contribution >= 4 is 43.7 Å². The number of carbonyl (C=O) groups excluding carboxylic acids is 1. The molecule has 0 spiro atoms. The predicted octanol–water partition coefficient (Wildman–Crippen LogP) is 3.91. The summed E-state index contributed by atoms with van der Waals surface area (Å²) in [5.74, 6) is -0.175. The van der Waals surface area contributed by atoms with E-state index in [1.165, 1.54) is 34.0 Å². The summed E-state index contributed by atoms with van der Waals surface area (Å²) in [6, 6.07) is 13.0.